The Morgan fingerprint density at radius 1 is 1.17 bits per heavy atom. The van der Waals surface area contributed by atoms with Crippen LogP contribution in [0.25, 0.3) is 0 Å². The average Bonchev–Trinajstić information content (AvgIpc) is 2.71. The van der Waals surface area contributed by atoms with Crippen LogP contribution in [0.15, 0.2) is 36.4 Å². The molecular formula is C21H23N3O5. The third-order valence-corrected chi connectivity index (χ3v) is 5.05. The van der Waals surface area contributed by atoms with Gasteiger partial charge < -0.3 is 15.8 Å². The van der Waals surface area contributed by atoms with E-state index in [-0.39, 0.29) is 23.0 Å². The number of nitrogens with two attached hydrogens (primary N) is 1. The SMILES string of the molecule is C[C@H](NC(=O)COC(=O)c1ccc([N+](=O)[O-])cc1N)c1ccc2c(c1)CCCC2. The number of anilines is 1. The molecule has 0 fully saturated rings. The lowest BCUT2D eigenvalue weighted by Gasteiger charge is -2.20. The minimum Gasteiger partial charge on any atom is -0.452 e. The lowest BCUT2D eigenvalue weighted by molar-refractivity contribution is -0.384. The third kappa shape index (κ3) is 4.90. The topological polar surface area (TPSA) is 125 Å². The number of nitrogens with zero attached hydrogens (tertiary/aromatic N) is 1. The van der Waals surface area contributed by atoms with Crippen molar-refractivity contribution in [3.8, 4) is 0 Å². The number of nitro groups is 1. The molecule has 0 saturated carbocycles. The summed E-state index contributed by atoms with van der Waals surface area (Å²) in [4.78, 5) is 34.4. The number of nitro benzene ring substituents is 1. The molecule has 3 N–H and O–H groups in total. The average molecular weight is 397 g/mol. The summed E-state index contributed by atoms with van der Waals surface area (Å²) >= 11 is 0. The summed E-state index contributed by atoms with van der Waals surface area (Å²) in [5.74, 6) is -1.25. The van der Waals surface area contributed by atoms with Crippen LogP contribution in [0.5, 0.6) is 0 Å². The van der Waals surface area contributed by atoms with Gasteiger partial charge in [0.05, 0.1) is 22.2 Å². The molecule has 8 nitrogen and oxygen atoms in total. The van der Waals surface area contributed by atoms with Gasteiger partial charge in [-0.1, -0.05) is 18.2 Å². The number of nitrogens with one attached hydrogen (secondary N) is 1. The maximum atomic E-state index is 12.2. The predicted octanol–water partition coefficient (Wildman–Crippen LogP) is 3.09. The Labute approximate surface area is 168 Å². The number of ether oxygens (including phenoxy) is 1. The molecule has 0 spiro atoms. The number of aryl methyl sites for hydroxylation is 2. The second-order valence-corrected chi connectivity index (χ2v) is 7.13. The highest BCUT2D eigenvalue weighted by molar-refractivity contribution is 5.96. The van der Waals surface area contributed by atoms with E-state index in [4.69, 9.17) is 10.5 Å². The van der Waals surface area contributed by atoms with E-state index in [1.807, 2.05) is 13.0 Å². The van der Waals surface area contributed by atoms with Crippen LogP contribution in [0.3, 0.4) is 0 Å². The molecule has 1 atom stereocenters. The molecule has 0 heterocycles. The minimum atomic E-state index is -0.811. The number of esters is 1. The highest BCUT2D eigenvalue weighted by atomic mass is 16.6. The molecule has 0 aromatic heterocycles. The summed E-state index contributed by atoms with van der Waals surface area (Å²) in [6.45, 7) is 1.41. The number of carbonyl (C=O) groups excluding carboxylic acids is 2. The number of hydrogen-bond acceptors (Lipinski definition) is 6. The minimum absolute atomic E-state index is 0.0221. The molecule has 3 rings (SSSR count). The zero-order valence-electron chi connectivity index (χ0n) is 16.1. The first-order valence-electron chi connectivity index (χ1n) is 9.47. The second-order valence-electron chi connectivity index (χ2n) is 7.13. The van der Waals surface area contributed by atoms with Gasteiger partial charge >= 0.3 is 5.97 Å². The molecule has 0 bridgehead atoms. The fraction of sp³-hybridized carbons (Fsp3) is 0.333. The van der Waals surface area contributed by atoms with E-state index in [9.17, 15) is 19.7 Å². The molecule has 29 heavy (non-hydrogen) atoms. The van der Waals surface area contributed by atoms with Gasteiger partial charge in [0.2, 0.25) is 0 Å². The smallest absolute Gasteiger partial charge is 0.340 e. The van der Waals surface area contributed by atoms with E-state index in [1.165, 1.54) is 30.0 Å². The van der Waals surface area contributed by atoms with Crippen molar-refractivity contribution in [2.45, 2.75) is 38.6 Å². The van der Waals surface area contributed by atoms with Crippen LogP contribution in [-0.2, 0) is 22.4 Å². The van der Waals surface area contributed by atoms with Crippen molar-refractivity contribution in [1.29, 1.82) is 0 Å². The van der Waals surface area contributed by atoms with Crippen LogP contribution in [0, 0.1) is 10.1 Å². The Morgan fingerprint density at radius 2 is 1.90 bits per heavy atom. The molecule has 1 aliphatic carbocycles. The van der Waals surface area contributed by atoms with Crippen molar-refractivity contribution in [1.82, 2.24) is 5.32 Å². The van der Waals surface area contributed by atoms with E-state index in [0.717, 1.165) is 30.5 Å². The molecular weight excluding hydrogens is 374 g/mol. The van der Waals surface area contributed by atoms with Gasteiger partial charge in [-0.05, 0) is 55.4 Å². The van der Waals surface area contributed by atoms with Gasteiger partial charge in [-0.25, -0.2) is 4.79 Å². The Bertz CT molecular complexity index is 957. The Balaban J connectivity index is 1.55. The molecule has 1 aliphatic rings. The van der Waals surface area contributed by atoms with Crippen LogP contribution in [-0.4, -0.2) is 23.4 Å². The van der Waals surface area contributed by atoms with Crippen LogP contribution < -0.4 is 11.1 Å². The first-order chi connectivity index (χ1) is 13.8. The molecule has 0 saturated heterocycles. The highest BCUT2D eigenvalue weighted by Gasteiger charge is 2.18. The molecule has 0 radical (unpaired) electrons. The second kappa shape index (κ2) is 8.72. The van der Waals surface area contributed by atoms with Crippen molar-refractivity contribution in [3.63, 3.8) is 0 Å². The molecule has 8 heteroatoms. The molecule has 0 aliphatic heterocycles. The van der Waals surface area contributed by atoms with Crippen LogP contribution in [0.4, 0.5) is 11.4 Å². The Hall–Kier alpha value is -3.42. The number of nitrogen functional groups attached to an aromatic ring is 1. The van der Waals surface area contributed by atoms with Crippen molar-refractivity contribution < 1.29 is 19.2 Å². The van der Waals surface area contributed by atoms with Crippen LogP contribution >= 0.6 is 0 Å². The van der Waals surface area contributed by atoms with Crippen molar-refractivity contribution in [3.05, 3.63) is 68.8 Å². The number of non-ortho nitro benzene ring substituents is 1. The lowest BCUT2D eigenvalue weighted by Crippen LogP contribution is -2.31. The normalized spacial score (nSPS) is 13.8. The fourth-order valence-corrected chi connectivity index (χ4v) is 3.45. The van der Waals surface area contributed by atoms with E-state index < -0.39 is 23.4 Å². The van der Waals surface area contributed by atoms with Crippen molar-refractivity contribution >= 4 is 23.3 Å². The summed E-state index contributed by atoms with van der Waals surface area (Å²) in [6.07, 6.45) is 4.54. The summed E-state index contributed by atoms with van der Waals surface area (Å²) in [5.41, 5.74) is 9.05. The number of rotatable bonds is 6. The first kappa shape index (κ1) is 20.3. The van der Waals surface area contributed by atoms with Crippen molar-refractivity contribution in [2.24, 2.45) is 0 Å². The first-order valence-corrected chi connectivity index (χ1v) is 9.47. The standard InChI is InChI=1S/C21H23N3O5/c1-13(15-7-6-14-4-2-3-5-16(14)10-15)23-20(25)12-29-21(26)18-9-8-17(24(27)28)11-19(18)22/h6-11,13H,2-5,12,22H2,1H3,(H,23,25)/t13-/m0/s1. The number of fused-ring (bicyclic) bond motifs is 1. The molecule has 2 aromatic rings. The summed E-state index contributed by atoms with van der Waals surface area (Å²) in [6, 6.07) is 9.48. The van der Waals surface area contributed by atoms with E-state index in [0.29, 0.717) is 0 Å². The van der Waals surface area contributed by atoms with Gasteiger partial charge in [-0.2, -0.15) is 0 Å². The summed E-state index contributed by atoms with van der Waals surface area (Å²) in [5, 5.41) is 13.5. The molecule has 0 unspecified atom stereocenters. The van der Waals surface area contributed by atoms with E-state index in [2.05, 4.69) is 17.4 Å². The number of amides is 1. The van der Waals surface area contributed by atoms with E-state index in [1.54, 1.807) is 0 Å². The zero-order valence-corrected chi connectivity index (χ0v) is 16.1. The van der Waals surface area contributed by atoms with E-state index >= 15 is 0 Å². The van der Waals surface area contributed by atoms with Gasteiger partial charge in [0.15, 0.2) is 6.61 Å². The number of benzene rings is 2. The van der Waals surface area contributed by atoms with Crippen LogP contribution in [0.1, 0.15) is 52.9 Å². The predicted molar refractivity (Wildman–Crippen MR) is 107 cm³/mol. The maximum Gasteiger partial charge on any atom is 0.340 e. The Kier molecular flexibility index (Phi) is 6.11. The lowest BCUT2D eigenvalue weighted by atomic mass is 9.89. The maximum absolute atomic E-state index is 12.2. The fourth-order valence-electron chi connectivity index (χ4n) is 3.45. The number of carbonyl (C=O) groups is 2. The quantitative estimate of drug-likeness (QED) is 0.334. The largest absolute Gasteiger partial charge is 0.452 e. The van der Waals surface area contributed by atoms with Crippen molar-refractivity contribution in [2.75, 3.05) is 12.3 Å². The van der Waals surface area contributed by atoms with Gasteiger partial charge in [0, 0.05) is 12.1 Å². The molecule has 1 amide bonds. The van der Waals surface area contributed by atoms with Gasteiger partial charge in [0.1, 0.15) is 0 Å². The van der Waals surface area contributed by atoms with Gasteiger partial charge in [-0.15, -0.1) is 0 Å². The van der Waals surface area contributed by atoms with Gasteiger partial charge in [0.25, 0.3) is 11.6 Å². The summed E-state index contributed by atoms with van der Waals surface area (Å²) in [7, 11) is 0. The molecule has 2 aromatic carbocycles. The third-order valence-electron chi connectivity index (χ3n) is 5.05. The monoisotopic (exact) mass is 397 g/mol. The number of hydrogen-bond donors (Lipinski definition) is 2. The highest BCUT2D eigenvalue weighted by Crippen LogP contribution is 2.25. The Morgan fingerprint density at radius 3 is 2.59 bits per heavy atom. The van der Waals surface area contributed by atoms with Crippen LogP contribution in [0.2, 0.25) is 0 Å². The molecule has 152 valence electrons. The zero-order chi connectivity index (χ0) is 21.0. The van der Waals surface area contributed by atoms with Gasteiger partial charge in [-0.3, -0.25) is 14.9 Å². The summed E-state index contributed by atoms with van der Waals surface area (Å²) < 4.78 is 5.00.